The molecule has 108 valence electrons. The molecule has 1 unspecified atom stereocenters. The van der Waals surface area contributed by atoms with Gasteiger partial charge in [-0.05, 0) is 36.5 Å². The van der Waals surface area contributed by atoms with Crippen LogP contribution in [0.4, 0.5) is 5.69 Å². The second-order valence-electron chi connectivity index (χ2n) is 6.61. The highest BCUT2D eigenvalue weighted by Crippen LogP contribution is 2.50. The summed E-state index contributed by atoms with van der Waals surface area (Å²) in [6.45, 7) is 5.48. The monoisotopic (exact) mass is 291 g/mol. The van der Waals surface area contributed by atoms with Crippen LogP contribution in [0.25, 0.3) is 0 Å². The summed E-state index contributed by atoms with van der Waals surface area (Å²) in [6.07, 6.45) is 4.88. The summed E-state index contributed by atoms with van der Waals surface area (Å²) in [5.74, 6) is 0.627. The molecule has 0 radical (unpaired) electrons. The van der Waals surface area contributed by atoms with Gasteiger partial charge in [0.05, 0.1) is 12.1 Å². The molecular weight excluding hydrogens is 270 g/mol. The second kappa shape index (κ2) is 4.66. The Morgan fingerprint density at radius 3 is 2.70 bits per heavy atom. The van der Waals surface area contributed by atoms with Gasteiger partial charge in [-0.15, -0.1) is 0 Å². The molecule has 1 spiro atoms. The topological polar surface area (TPSA) is 41.6 Å². The minimum atomic E-state index is 0.0000154. The Morgan fingerprint density at radius 1 is 1.25 bits per heavy atom. The lowest BCUT2D eigenvalue weighted by molar-refractivity contribution is 0.115. The van der Waals surface area contributed by atoms with E-state index in [1.54, 1.807) is 0 Å². The molecular formula is C16H22ClN3. The molecule has 0 amide bonds. The van der Waals surface area contributed by atoms with Gasteiger partial charge in [-0.1, -0.05) is 44.4 Å². The molecule has 1 fully saturated rings. The van der Waals surface area contributed by atoms with Crippen molar-refractivity contribution in [3.63, 3.8) is 0 Å². The van der Waals surface area contributed by atoms with Gasteiger partial charge in [-0.2, -0.15) is 0 Å². The van der Waals surface area contributed by atoms with E-state index in [4.69, 9.17) is 17.3 Å². The van der Waals surface area contributed by atoms with Crippen LogP contribution in [0.3, 0.4) is 0 Å². The lowest BCUT2D eigenvalue weighted by atomic mass is 9.62. The van der Waals surface area contributed by atoms with Gasteiger partial charge in [0.2, 0.25) is 0 Å². The maximum atomic E-state index is 6.22. The van der Waals surface area contributed by atoms with Crippen LogP contribution in [-0.2, 0) is 0 Å². The third-order valence-electron chi connectivity index (χ3n) is 5.13. The van der Waals surface area contributed by atoms with Crippen molar-refractivity contribution in [3.8, 4) is 0 Å². The molecule has 1 aromatic carbocycles. The van der Waals surface area contributed by atoms with E-state index in [1.165, 1.54) is 19.3 Å². The fourth-order valence-electron chi connectivity index (χ4n) is 3.83. The summed E-state index contributed by atoms with van der Waals surface area (Å²) < 4.78 is 0. The molecule has 1 heterocycles. The SMILES string of the molecule is CC1(C)CCCCC12CN=C(N)N2c1cccc(Cl)c1. The molecule has 20 heavy (non-hydrogen) atoms. The first-order chi connectivity index (χ1) is 9.46. The number of benzene rings is 1. The van der Waals surface area contributed by atoms with Crippen molar-refractivity contribution >= 4 is 23.2 Å². The molecule has 0 saturated heterocycles. The molecule has 0 aromatic heterocycles. The predicted octanol–water partition coefficient (Wildman–Crippen LogP) is 3.81. The fraction of sp³-hybridized carbons (Fsp3) is 0.562. The fourth-order valence-corrected chi connectivity index (χ4v) is 4.01. The van der Waals surface area contributed by atoms with Gasteiger partial charge in [0.1, 0.15) is 0 Å². The lowest BCUT2D eigenvalue weighted by Gasteiger charge is -2.53. The maximum Gasteiger partial charge on any atom is 0.196 e. The van der Waals surface area contributed by atoms with E-state index in [0.29, 0.717) is 5.96 Å². The Bertz CT molecular complexity index is 552. The molecule has 2 N–H and O–H groups in total. The van der Waals surface area contributed by atoms with Crippen LogP contribution in [0.15, 0.2) is 29.3 Å². The average molecular weight is 292 g/mol. The summed E-state index contributed by atoms with van der Waals surface area (Å²) in [4.78, 5) is 6.81. The van der Waals surface area contributed by atoms with Crippen molar-refractivity contribution in [2.45, 2.75) is 45.1 Å². The van der Waals surface area contributed by atoms with Crippen LogP contribution in [-0.4, -0.2) is 18.0 Å². The van der Waals surface area contributed by atoms with Crippen molar-refractivity contribution < 1.29 is 0 Å². The van der Waals surface area contributed by atoms with E-state index in [2.05, 4.69) is 29.8 Å². The maximum absolute atomic E-state index is 6.22. The van der Waals surface area contributed by atoms with Gasteiger partial charge in [0.25, 0.3) is 0 Å². The Labute approximate surface area is 125 Å². The van der Waals surface area contributed by atoms with Gasteiger partial charge >= 0.3 is 0 Å². The first-order valence-corrected chi connectivity index (χ1v) is 7.70. The van der Waals surface area contributed by atoms with E-state index >= 15 is 0 Å². The third kappa shape index (κ3) is 1.91. The number of hydrogen-bond acceptors (Lipinski definition) is 3. The number of hydrogen-bond donors (Lipinski definition) is 1. The summed E-state index contributed by atoms with van der Waals surface area (Å²) in [5.41, 5.74) is 7.47. The van der Waals surface area contributed by atoms with Crippen LogP contribution in [0, 0.1) is 5.41 Å². The molecule has 3 nitrogen and oxygen atoms in total. The summed E-state index contributed by atoms with van der Waals surface area (Å²) >= 11 is 6.16. The summed E-state index contributed by atoms with van der Waals surface area (Å²) in [7, 11) is 0. The summed E-state index contributed by atoms with van der Waals surface area (Å²) in [6, 6.07) is 7.94. The smallest absolute Gasteiger partial charge is 0.196 e. The number of guanidine groups is 1. The molecule has 3 rings (SSSR count). The number of halogens is 1. The van der Waals surface area contributed by atoms with Crippen molar-refractivity contribution in [2.75, 3.05) is 11.4 Å². The van der Waals surface area contributed by atoms with Crippen LogP contribution >= 0.6 is 11.6 Å². The zero-order valence-electron chi connectivity index (χ0n) is 12.2. The highest BCUT2D eigenvalue weighted by Gasteiger charge is 2.54. The molecule has 1 saturated carbocycles. The highest BCUT2D eigenvalue weighted by atomic mass is 35.5. The first kappa shape index (κ1) is 13.7. The van der Waals surface area contributed by atoms with Crippen LogP contribution in [0.2, 0.25) is 5.02 Å². The Kier molecular flexibility index (Phi) is 3.20. The van der Waals surface area contributed by atoms with Gasteiger partial charge in [-0.3, -0.25) is 4.99 Å². The van der Waals surface area contributed by atoms with Gasteiger partial charge < -0.3 is 10.6 Å². The average Bonchev–Trinajstić information content (AvgIpc) is 2.72. The van der Waals surface area contributed by atoms with Crippen LogP contribution in [0.1, 0.15) is 39.5 Å². The van der Waals surface area contributed by atoms with Gasteiger partial charge in [0, 0.05) is 10.7 Å². The largest absolute Gasteiger partial charge is 0.369 e. The van der Waals surface area contributed by atoms with Crippen molar-refractivity contribution in [3.05, 3.63) is 29.3 Å². The molecule has 1 aromatic rings. The van der Waals surface area contributed by atoms with Crippen molar-refractivity contribution in [1.29, 1.82) is 0 Å². The molecule has 1 aliphatic heterocycles. The molecule has 2 aliphatic rings. The normalized spacial score (nSPS) is 28.8. The number of nitrogens with two attached hydrogens (primary N) is 1. The quantitative estimate of drug-likeness (QED) is 0.855. The molecule has 0 bridgehead atoms. The second-order valence-corrected chi connectivity index (χ2v) is 7.05. The van der Waals surface area contributed by atoms with E-state index in [9.17, 15) is 0 Å². The summed E-state index contributed by atoms with van der Waals surface area (Å²) in [5, 5.41) is 0.742. The zero-order chi connectivity index (χ0) is 14.4. The Balaban J connectivity index is 2.08. The highest BCUT2D eigenvalue weighted by molar-refractivity contribution is 6.31. The van der Waals surface area contributed by atoms with Crippen LogP contribution < -0.4 is 10.6 Å². The minimum absolute atomic E-state index is 0.0000154. The number of anilines is 1. The zero-order valence-corrected chi connectivity index (χ0v) is 13.0. The van der Waals surface area contributed by atoms with Crippen LogP contribution in [0.5, 0.6) is 0 Å². The number of rotatable bonds is 1. The molecule has 1 aliphatic carbocycles. The van der Waals surface area contributed by atoms with Crippen molar-refractivity contribution in [2.24, 2.45) is 16.1 Å². The minimum Gasteiger partial charge on any atom is -0.369 e. The van der Waals surface area contributed by atoms with Gasteiger partial charge in [0.15, 0.2) is 5.96 Å². The Morgan fingerprint density at radius 2 is 2.00 bits per heavy atom. The Hall–Kier alpha value is -1.22. The van der Waals surface area contributed by atoms with E-state index in [-0.39, 0.29) is 11.0 Å². The standard InChI is InChI=1S/C16H22ClN3/c1-15(2)8-3-4-9-16(15)11-19-14(18)20(16)13-7-5-6-12(17)10-13/h5-7,10H,3-4,8-9,11H2,1-2H3,(H2,18,19). The van der Waals surface area contributed by atoms with Crippen molar-refractivity contribution in [1.82, 2.24) is 0 Å². The van der Waals surface area contributed by atoms with E-state index in [1.807, 2.05) is 18.2 Å². The number of nitrogens with zero attached hydrogens (tertiary/aromatic N) is 2. The number of aliphatic imine (C=N–C) groups is 1. The predicted molar refractivity (Wildman–Crippen MR) is 85.4 cm³/mol. The molecule has 1 atom stereocenters. The van der Waals surface area contributed by atoms with E-state index < -0.39 is 0 Å². The first-order valence-electron chi connectivity index (χ1n) is 7.32. The lowest BCUT2D eigenvalue weighted by Crippen LogP contribution is -2.61. The third-order valence-corrected chi connectivity index (χ3v) is 5.36. The van der Waals surface area contributed by atoms with E-state index in [0.717, 1.165) is 23.7 Å². The molecule has 4 heteroatoms. The van der Waals surface area contributed by atoms with Gasteiger partial charge in [-0.25, -0.2) is 0 Å².